The fraction of sp³-hybridized carbons (Fsp3) is 0.235. The maximum Gasteiger partial charge on any atom is 0.266 e. The van der Waals surface area contributed by atoms with Crippen molar-refractivity contribution in [3.63, 3.8) is 0 Å². The van der Waals surface area contributed by atoms with E-state index in [9.17, 15) is 9.59 Å². The first-order valence-corrected chi connectivity index (χ1v) is 8.07. The highest BCUT2D eigenvalue weighted by Gasteiger charge is 2.16. The number of nitrogens with zero attached hydrogens (tertiary/aromatic N) is 2. The van der Waals surface area contributed by atoms with Crippen molar-refractivity contribution in [3.05, 3.63) is 63.3 Å². The van der Waals surface area contributed by atoms with E-state index in [0.29, 0.717) is 25.1 Å². The monoisotopic (exact) mass is 344 g/mol. The zero-order valence-electron chi connectivity index (χ0n) is 13.2. The summed E-state index contributed by atoms with van der Waals surface area (Å²) in [6.45, 7) is 2.98. The number of para-hydroxylation sites is 2. The van der Waals surface area contributed by atoms with Gasteiger partial charge >= 0.3 is 0 Å². The van der Waals surface area contributed by atoms with Gasteiger partial charge in [-0.25, -0.2) is 4.98 Å². The lowest BCUT2D eigenvalue weighted by molar-refractivity contribution is 0.0765. The standard InChI is InChI=1S/C17H17ClN4O2/c1-2-22(17(24)11-9-12(18)16(23)19-10-11)8-7-15-20-13-5-3-4-6-14(13)21-15/h3-6,9-10H,2,7-8H2,1H3,(H,19,23)(H,20,21). The van der Waals surface area contributed by atoms with Crippen LogP contribution in [0.2, 0.25) is 5.02 Å². The Hall–Kier alpha value is -2.60. The Kier molecular flexibility index (Phi) is 4.66. The minimum Gasteiger partial charge on any atom is -0.342 e. The molecule has 2 N–H and O–H groups in total. The number of hydrogen-bond donors (Lipinski definition) is 2. The normalized spacial score (nSPS) is 10.9. The maximum atomic E-state index is 12.5. The summed E-state index contributed by atoms with van der Waals surface area (Å²) in [5.74, 6) is 0.661. The van der Waals surface area contributed by atoms with Gasteiger partial charge in [-0.05, 0) is 25.1 Å². The summed E-state index contributed by atoms with van der Waals surface area (Å²) in [6, 6.07) is 9.20. The van der Waals surface area contributed by atoms with Crippen molar-refractivity contribution in [1.29, 1.82) is 0 Å². The van der Waals surface area contributed by atoms with E-state index in [1.165, 1.54) is 12.3 Å². The van der Waals surface area contributed by atoms with Gasteiger partial charge in [0.2, 0.25) is 0 Å². The molecule has 0 aliphatic heterocycles. The average Bonchev–Trinajstić information content (AvgIpc) is 3.00. The molecule has 0 saturated heterocycles. The molecule has 0 atom stereocenters. The number of nitrogens with one attached hydrogen (secondary N) is 2. The average molecular weight is 345 g/mol. The van der Waals surface area contributed by atoms with Gasteiger partial charge in [0.1, 0.15) is 10.8 Å². The van der Waals surface area contributed by atoms with E-state index in [1.807, 2.05) is 31.2 Å². The predicted molar refractivity (Wildman–Crippen MR) is 93.4 cm³/mol. The number of benzene rings is 1. The third-order valence-corrected chi connectivity index (χ3v) is 4.11. The van der Waals surface area contributed by atoms with E-state index >= 15 is 0 Å². The Labute approximate surface area is 143 Å². The van der Waals surface area contributed by atoms with Crippen LogP contribution in [0, 0.1) is 0 Å². The molecule has 0 unspecified atom stereocenters. The number of aromatic amines is 2. The van der Waals surface area contributed by atoms with Crippen molar-refractivity contribution in [2.75, 3.05) is 13.1 Å². The number of carbonyl (C=O) groups excluding carboxylic acids is 1. The largest absolute Gasteiger partial charge is 0.342 e. The first kappa shape index (κ1) is 16.3. The van der Waals surface area contributed by atoms with E-state index in [1.54, 1.807) is 4.90 Å². The number of halogens is 1. The molecule has 2 aromatic heterocycles. The Bertz CT molecular complexity index is 898. The highest BCUT2D eigenvalue weighted by Crippen LogP contribution is 2.12. The fourth-order valence-electron chi connectivity index (χ4n) is 2.53. The molecule has 0 fully saturated rings. The second-order valence-electron chi connectivity index (χ2n) is 5.40. The molecule has 0 aliphatic carbocycles. The third kappa shape index (κ3) is 3.33. The second kappa shape index (κ2) is 6.88. The van der Waals surface area contributed by atoms with Crippen LogP contribution in [0.4, 0.5) is 0 Å². The third-order valence-electron chi connectivity index (χ3n) is 3.83. The van der Waals surface area contributed by atoms with Crippen LogP contribution >= 0.6 is 11.6 Å². The number of hydrogen-bond acceptors (Lipinski definition) is 3. The number of aromatic nitrogens is 3. The van der Waals surface area contributed by atoms with Crippen molar-refractivity contribution in [3.8, 4) is 0 Å². The van der Waals surface area contributed by atoms with Crippen molar-refractivity contribution < 1.29 is 4.79 Å². The predicted octanol–water partition coefficient (Wildman–Crippen LogP) is 2.61. The van der Waals surface area contributed by atoms with Gasteiger partial charge in [0, 0.05) is 25.7 Å². The van der Waals surface area contributed by atoms with E-state index in [2.05, 4.69) is 15.0 Å². The quantitative estimate of drug-likeness (QED) is 0.746. The molecule has 0 saturated carbocycles. The van der Waals surface area contributed by atoms with Crippen molar-refractivity contribution in [2.24, 2.45) is 0 Å². The van der Waals surface area contributed by atoms with Crippen LogP contribution in [0.5, 0.6) is 0 Å². The number of amides is 1. The lowest BCUT2D eigenvalue weighted by atomic mass is 10.2. The minimum absolute atomic E-state index is 0.00851. The molecular weight excluding hydrogens is 328 g/mol. The topological polar surface area (TPSA) is 81.8 Å². The number of H-pyrrole nitrogens is 2. The van der Waals surface area contributed by atoms with Crippen molar-refractivity contribution >= 4 is 28.5 Å². The summed E-state index contributed by atoms with van der Waals surface area (Å²) >= 11 is 5.79. The summed E-state index contributed by atoms with van der Waals surface area (Å²) in [5.41, 5.74) is 1.85. The van der Waals surface area contributed by atoms with Crippen LogP contribution in [0.3, 0.4) is 0 Å². The van der Waals surface area contributed by atoms with Gasteiger partial charge < -0.3 is 14.9 Å². The van der Waals surface area contributed by atoms with Gasteiger partial charge in [-0.3, -0.25) is 9.59 Å². The molecular formula is C17H17ClN4O2. The van der Waals surface area contributed by atoms with Crippen LogP contribution < -0.4 is 5.56 Å². The number of likely N-dealkylation sites (N-methyl/N-ethyl adjacent to an activating group) is 1. The molecule has 0 aliphatic rings. The summed E-state index contributed by atoms with van der Waals surface area (Å²) in [4.78, 5) is 35.8. The first-order valence-electron chi connectivity index (χ1n) is 7.69. The molecule has 1 amide bonds. The van der Waals surface area contributed by atoms with E-state index in [4.69, 9.17) is 11.6 Å². The number of fused-ring (bicyclic) bond motifs is 1. The number of pyridine rings is 1. The molecule has 3 rings (SSSR count). The van der Waals surface area contributed by atoms with Crippen LogP contribution in [0.25, 0.3) is 11.0 Å². The van der Waals surface area contributed by atoms with Gasteiger partial charge in [-0.2, -0.15) is 0 Å². The van der Waals surface area contributed by atoms with Gasteiger partial charge in [0.25, 0.3) is 11.5 Å². The smallest absolute Gasteiger partial charge is 0.266 e. The Morgan fingerprint density at radius 2 is 2.12 bits per heavy atom. The molecule has 0 bridgehead atoms. The SMILES string of the molecule is CCN(CCc1nc2ccccc2[nH]1)C(=O)c1c[nH]c(=O)c(Cl)c1. The number of carbonyl (C=O) groups is 1. The maximum absolute atomic E-state index is 12.5. The summed E-state index contributed by atoms with van der Waals surface area (Å²) < 4.78 is 0. The minimum atomic E-state index is -0.404. The highest BCUT2D eigenvalue weighted by atomic mass is 35.5. The van der Waals surface area contributed by atoms with Crippen molar-refractivity contribution in [2.45, 2.75) is 13.3 Å². The van der Waals surface area contributed by atoms with Crippen LogP contribution in [-0.2, 0) is 6.42 Å². The fourth-order valence-corrected chi connectivity index (χ4v) is 2.70. The Morgan fingerprint density at radius 1 is 1.33 bits per heavy atom. The molecule has 24 heavy (non-hydrogen) atoms. The lowest BCUT2D eigenvalue weighted by Crippen LogP contribution is -2.33. The van der Waals surface area contributed by atoms with Gasteiger partial charge in [0.15, 0.2) is 0 Å². The number of imidazole rings is 1. The molecule has 0 radical (unpaired) electrons. The highest BCUT2D eigenvalue weighted by molar-refractivity contribution is 6.30. The van der Waals surface area contributed by atoms with Crippen molar-refractivity contribution in [1.82, 2.24) is 19.9 Å². The Balaban J connectivity index is 1.72. The van der Waals surface area contributed by atoms with Gasteiger partial charge in [0.05, 0.1) is 16.6 Å². The summed E-state index contributed by atoms with van der Waals surface area (Å²) in [6.07, 6.45) is 2.01. The first-order chi connectivity index (χ1) is 11.6. The molecule has 1 aromatic carbocycles. The van der Waals surface area contributed by atoms with Gasteiger partial charge in [-0.15, -0.1) is 0 Å². The summed E-state index contributed by atoms with van der Waals surface area (Å²) in [7, 11) is 0. The van der Waals surface area contributed by atoms with Crippen LogP contribution in [-0.4, -0.2) is 38.8 Å². The molecule has 2 heterocycles. The molecule has 6 nitrogen and oxygen atoms in total. The molecule has 124 valence electrons. The van der Waals surface area contributed by atoms with Crippen LogP contribution in [0.1, 0.15) is 23.1 Å². The van der Waals surface area contributed by atoms with E-state index < -0.39 is 5.56 Å². The molecule has 3 aromatic rings. The van der Waals surface area contributed by atoms with Gasteiger partial charge in [-0.1, -0.05) is 23.7 Å². The zero-order chi connectivity index (χ0) is 17.1. The van der Waals surface area contributed by atoms with E-state index in [0.717, 1.165) is 16.9 Å². The lowest BCUT2D eigenvalue weighted by Gasteiger charge is -2.20. The van der Waals surface area contributed by atoms with E-state index in [-0.39, 0.29) is 10.9 Å². The molecule has 7 heteroatoms. The number of rotatable bonds is 5. The zero-order valence-corrected chi connectivity index (χ0v) is 13.9. The van der Waals surface area contributed by atoms with Crippen LogP contribution in [0.15, 0.2) is 41.3 Å². The Morgan fingerprint density at radius 3 is 2.83 bits per heavy atom. The molecule has 0 spiro atoms. The summed E-state index contributed by atoms with van der Waals surface area (Å²) in [5, 5.41) is 0.00851. The second-order valence-corrected chi connectivity index (χ2v) is 5.81.